The SMILES string of the molecule is CCC(NCc1ccc2nc(C)ccc2c1)c1nccs1. The van der Waals surface area contributed by atoms with Gasteiger partial charge in [-0.2, -0.15) is 0 Å². The first-order valence-corrected chi connectivity index (χ1v) is 8.13. The summed E-state index contributed by atoms with van der Waals surface area (Å²) in [6.07, 6.45) is 2.91. The van der Waals surface area contributed by atoms with Gasteiger partial charge < -0.3 is 5.32 Å². The summed E-state index contributed by atoms with van der Waals surface area (Å²) in [4.78, 5) is 8.95. The molecule has 0 aliphatic heterocycles. The van der Waals surface area contributed by atoms with Gasteiger partial charge in [0.2, 0.25) is 0 Å². The molecule has 3 nitrogen and oxygen atoms in total. The highest BCUT2D eigenvalue weighted by molar-refractivity contribution is 7.09. The monoisotopic (exact) mass is 297 g/mol. The summed E-state index contributed by atoms with van der Waals surface area (Å²) in [6.45, 7) is 5.06. The minimum absolute atomic E-state index is 0.330. The van der Waals surface area contributed by atoms with Crippen molar-refractivity contribution in [3.05, 3.63) is 58.2 Å². The van der Waals surface area contributed by atoms with Crippen molar-refractivity contribution < 1.29 is 0 Å². The molecule has 21 heavy (non-hydrogen) atoms. The summed E-state index contributed by atoms with van der Waals surface area (Å²) in [5.74, 6) is 0. The molecule has 0 aliphatic carbocycles. The smallest absolute Gasteiger partial charge is 0.109 e. The summed E-state index contributed by atoms with van der Waals surface area (Å²) in [5, 5.41) is 7.98. The topological polar surface area (TPSA) is 37.8 Å². The van der Waals surface area contributed by atoms with E-state index in [1.54, 1.807) is 11.3 Å². The normalized spacial score (nSPS) is 12.7. The molecule has 1 aromatic carbocycles. The number of aryl methyl sites for hydroxylation is 1. The van der Waals surface area contributed by atoms with Crippen molar-refractivity contribution in [3.8, 4) is 0 Å². The van der Waals surface area contributed by atoms with E-state index < -0.39 is 0 Å². The summed E-state index contributed by atoms with van der Waals surface area (Å²) >= 11 is 1.71. The lowest BCUT2D eigenvalue weighted by Crippen LogP contribution is -2.20. The Kier molecular flexibility index (Phi) is 4.27. The number of thiazole rings is 1. The molecule has 1 unspecified atom stereocenters. The molecule has 0 saturated carbocycles. The van der Waals surface area contributed by atoms with Gasteiger partial charge in [-0.1, -0.05) is 19.1 Å². The predicted octanol–water partition coefficient (Wildman–Crippen LogP) is 4.24. The second-order valence-corrected chi connectivity index (χ2v) is 6.12. The van der Waals surface area contributed by atoms with Crippen molar-refractivity contribution in [1.82, 2.24) is 15.3 Å². The highest BCUT2D eigenvalue weighted by Crippen LogP contribution is 2.20. The Morgan fingerprint density at radius 2 is 2.14 bits per heavy atom. The molecule has 0 spiro atoms. The number of nitrogens with one attached hydrogen (secondary N) is 1. The van der Waals surface area contributed by atoms with E-state index in [1.807, 2.05) is 18.5 Å². The Morgan fingerprint density at radius 3 is 2.90 bits per heavy atom. The molecule has 0 radical (unpaired) electrons. The number of fused-ring (bicyclic) bond motifs is 1. The van der Waals surface area contributed by atoms with Gasteiger partial charge in [-0.3, -0.25) is 4.98 Å². The zero-order valence-corrected chi connectivity index (χ0v) is 13.2. The highest BCUT2D eigenvalue weighted by atomic mass is 32.1. The molecule has 0 saturated heterocycles. The molecule has 4 heteroatoms. The number of rotatable bonds is 5. The van der Waals surface area contributed by atoms with Gasteiger partial charge in [0.1, 0.15) is 5.01 Å². The number of pyridine rings is 1. The van der Waals surface area contributed by atoms with Crippen LogP contribution in [0, 0.1) is 6.92 Å². The molecule has 2 aromatic heterocycles. The fraction of sp³-hybridized carbons (Fsp3) is 0.294. The molecule has 3 aromatic rings. The van der Waals surface area contributed by atoms with E-state index >= 15 is 0 Å². The van der Waals surface area contributed by atoms with Crippen molar-refractivity contribution >= 4 is 22.2 Å². The fourth-order valence-corrected chi connectivity index (χ4v) is 3.24. The minimum Gasteiger partial charge on any atom is -0.304 e. The van der Waals surface area contributed by atoms with Crippen molar-refractivity contribution in [2.24, 2.45) is 0 Å². The Labute approximate surface area is 129 Å². The number of nitrogens with zero attached hydrogens (tertiary/aromatic N) is 2. The number of hydrogen-bond donors (Lipinski definition) is 1. The molecule has 1 atom stereocenters. The summed E-state index contributed by atoms with van der Waals surface area (Å²) in [7, 11) is 0. The van der Waals surface area contributed by atoms with Crippen LogP contribution in [0.25, 0.3) is 10.9 Å². The molecule has 2 heterocycles. The summed E-state index contributed by atoms with van der Waals surface area (Å²) in [6, 6.07) is 11.0. The maximum atomic E-state index is 4.54. The van der Waals surface area contributed by atoms with Crippen LogP contribution in [0.15, 0.2) is 41.9 Å². The maximum absolute atomic E-state index is 4.54. The minimum atomic E-state index is 0.330. The van der Waals surface area contributed by atoms with Gasteiger partial charge in [0.25, 0.3) is 0 Å². The zero-order valence-electron chi connectivity index (χ0n) is 12.3. The van der Waals surface area contributed by atoms with Crippen molar-refractivity contribution in [3.63, 3.8) is 0 Å². The summed E-state index contributed by atoms with van der Waals surface area (Å²) < 4.78 is 0. The van der Waals surface area contributed by atoms with Crippen LogP contribution < -0.4 is 5.32 Å². The molecule has 3 rings (SSSR count). The van der Waals surface area contributed by atoms with Crippen LogP contribution in [0.5, 0.6) is 0 Å². The van der Waals surface area contributed by atoms with E-state index in [1.165, 1.54) is 10.9 Å². The highest BCUT2D eigenvalue weighted by Gasteiger charge is 2.11. The van der Waals surface area contributed by atoms with Crippen LogP contribution in [0.1, 0.15) is 35.7 Å². The molecule has 0 amide bonds. The largest absolute Gasteiger partial charge is 0.304 e. The van der Waals surface area contributed by atoms with Gasteiger partial charge in [-0.25, -0.2) is 4.98 Å². The lowest BCUT2D eigenvalue weighted by Gasteiger charge is -2.14. The number of benzene rings is 1. The van der Waals surface area contributed by atoms with Gasteiger partial charge in [0.15, 0.2) is 0 Å². The van der Waals surface area contributed by atoms with Crippen molar-refractivity contribution in [1.29, 1.82) is 0 Å². The first kappa shape index (κ1) is 14.2. The Bertz CT molecular complexity index is 722. The average molecular weight is 297 g/mol. The molecule has 108 valence electrons. The average Bonchev–Trinajstić information content (AvgIpc) is 3.02. The third-order valence-electron chi connectivity index (χ3n) is 3.60. The van der Waals surface area contributed by atoms with Crippen LogP contribution in [-0.2, 0) is 6.54 Å². The molecule has 0 fully saturated rings. The van der Waals surface area contributed by atoms with Gasteiger partial charge in [0.05, 0.1) is 11.6 Å². The van der Waals surface area contributed by atoms with Crippen LogP contribution in [-0.4, -0.2) is 9.97 Å². The Morgan fingerprint density at radius 1 is 1.24 bits per heavy atom. The van der Waals surface area contributed by atoms with Gasteiger partial charge in [-0.05, 0) is 37.1 Å². The lowest BCUT2D eigenvalue weighted by molar-refractivity contribution is 0.517. The quantitative estimate of drug-likeness (QED) is 0.765. The lowest BCUT2D eigenvalue weighted by atomic mass is 10.1. The van der Waals surface area contributed by atoms with E-state index in [2.05, 4.69) is 52.5 Å². The standard InChI is InChI=1S/C17H19N3S/c1-3-15(17-18-8-9-21-17)19-11-13-5-7-16-14(10-13)6-4-12(2)20-16/h4-10,15,19H,3,11H2,1-2H3. The van der Waals surface area contributed by atoms with Gasteiger partial charge in [-0.15, -0.1) is 11.3 Å². The van der Waals surface area contributed by atoms with Gasteiger partial charge >= 0.3 is 0 Å². The first-order chi connectivity index (χ1) is 10.3. The fourth-order valence-electron chi connectivity index (χ4n) is 2.44. The van der Waals surface area contributed by atoms with E-state index in [9.17, 15) is 0 Å². The number of hydrogen-bond acceptors (Lipinski definition) is 4. The van der Waals surface area contributed by atoms with Crippen LogP contribution >= 0.6 is 11.3 Å². The second-order valence-electron chi connectivity index (χ2n) is 5.19. The molecule has 0 bridgehead atoms. The maximum Gasteiger partial charge on any atom is 0.109 e. The van der Waals surface area contributed by atoms with E-state index in [-0.39, 0.29) is 0 Å². The molecular weight excluding hydrogens is 278 g/mol. The molecule has 0 aliphatic rings. The first-order valence-electron chi connectivity index (χ1n) is 7.25. The summed E-state index contributed by atoms with van der Waals surface area (Å²) in [5.41, 5.74) is 3.40. The third kappa shape index (κ3) is 3.28. The van der Waals surface area contributed by atoms with Crippen LogP contribution in [0.4, 0.5) is 0 Å². The zero-order chi connectivity index (χ0) is 14.7. The van der Waals surface area contributed by atoms with Gasteiger partial charge in [0, 0.05) is 29.2 Å². The van der Waals surface area contributed by atoms with E-state index in [4.69, 9.17) is 0 Å². The molecule has 1 N–H and O–H groups in total. The van der Waals surface area contributed by atoms with Crippen LogP contribution in [0.3, 0.4) is 0 Å². The van der Waals surface area contributed by atoms with Crippen molar-refractivity contribution in [2.45, 2.75) is 32.9 Å². The van der Waals surface area contributed by atoms with Crippen LogP contribution in [0.2, 0.25) is 0 Å². The molecular formula is C17H19N3S. The second kappa shape index (κ2) is 6.33. The Balaban J connectivity index is 1.74. The Hall–Kier alpha value is -1.78. The third-order valence-corrected chi connectivity index (χ3v) is 4.49. The number of aromatic nitrogens is 2. The van der Waals surface area contributed by atoms with E-state index in [0.717, 1.165) is 29.2 Å². The van der Waals surface area contributed by atoms with E-state index in [0.29, 0.717) is 6.04 Å². The predicted molar refractivity (Wildman–Crippen MR) is 88.5 cm³/mol. The van der Waals surface area contributed by atoms with Crippen molar-refractivity contribution in [2.75, 3.05) is 0 Å².